The van der Waals surface area contributed by atoms with Gasteiger partial charge in [0.1, 0.15) is 6.42 Å². The van der Waals surface area contributed by atoms with Gasteiger partial charge in [-0.15, -0.1) is 0 Å². The maximum absolute atomic E-state index is 11.0. The molecule has 3 nitrogen and oxygen atoms in total. The maximum atomic E-state index is 11.0. The van der Waals surface area contributed by atoms with Crippen LogP contribution in [-0.2, 0) is 11.3 Å². The molecule has 1 amide bonds. The fourth-order valence-corrected chi connectivity index (χ4v) is 1.31. The molecule has 0 aliphatic carbocycles. The fourth-order valence-electron chi connectivity index (χ4n) is 0.985. The van der Waals surface area contributed by atoms with Crippen LogP contribution in [0.15, 0.2) is 18.2 Å². The molecule has 1 N–H and O–H groups in total. The van der Waals surface area contributed by atoms with Crippen molar-refractivity contribution in [1.29, 1.82) is 5.26 Å². The van der Waals surface area contributed by atoms with E-state index in [1.165, 1.54) is 0 Å². The Morgan fingerprint density at radius 3 is 2.73 bits per heavy atom. The number of halogens is 2. The van der Waals surface area contributed by atoms with Crippen molar-refractivity contribution in [2.75, 3.05) is 0 Å². The Bertz CT molecular complexity index is 412. The second kappa shape index (κ2) is 5.59. The van der Waals surface area contributed by atoms with E-state index < -0.39 is 0 Å². The van der Waals surface area contributed by atoms with Gasteiger partial charge in [0.15, 0.2) is 0 Å². The van der Waals surface area contributed by atoms with Crippen LogP contribution in [0, 0.1) is 11.3 Å². The van der Waals surface area contributed by atoms with Gasteiger partial charge in [-0.05, 0) is 17.7 Å². The Morgan fingerprint density at radius 1 is 1.40 bits per heavy atom. The molecule has 15 heavy (non-hydrogen) atoms. The van der Waals surface area contributed by atoms with Gasteiger partial charge in [-0.25, -0.2) is 0 Å². The third-order valence-corrected chi connectivity index (χ3v) is 2.45. The number of hydrogen-bond acceptors (Lipinski definition) is 2. The molecule has 0 spiro atoms. The van der Waals surface area contributed by atoms with Gasteiger partial charge in [-0.1, -0.05) is 29.3 Å². The summed E-state index contributed by atoms with van der Waals surface area (Å²) in [6.07, 6.45) is -0.138. The first kappa shape index (κ1) is 11.8. The van der Waals surface area contributed by atoms with Crippen LogP contribution < -0.4 is 5.32 Å². The number of nitrogens with one attached hydrogen (secondary N) is 1. The number of carbonyl (C=O) groups excluding carboxylic acids is 1. The Balaban J connectivity index is 2.55. The quantitative estimate of drug-likeness (QED) is 0.886. The summed E-state index contributed by atoms with van der Waals surface area (Å²) >= 11 is 11.5. The molecule has 0 aliphatic rings. The highest BCUT2D eigenvalue weighted by Crippen LogP contribution is 2.22. The SMILES string of the molecule is N#CCC(=O)NCc1ccc(Cl)c(Cl)c1. The van der Waals surface area contributed by atoms with Gasteiger partial charge in [-0.3, -0.25) is 4.79 Å². The molecular weight excluding hydrogens is 235 g/mol. The molecule has 0 saturated heterocycles. The van der Waals surface area contributed by atoms with Crippen molar-refractivity contribution < 1.29 is 4.79 Å². The van der Waals surface area contributed by atoms with Gasteiger partial charge in [0.2, 0.25) is 5.91 Å². The van der Waals surface area contributed by atoms with E-state index in [2.05, 4.69) is 5.32 Å². The molecular formula is C10H8Cl2N2O. The first-order valence-corrected chi connectivity index (χ1v) is 4.96. The molecule has 5 heteroatoms. The third kappa shape index (κ3) is 3.78. The molecule has 0 bridgehead atoms. The third-order valence-electron chi connectivity index (χ3n) is 1.71. The number of hydrogen-bond donors (Lipinski definition) is 1. The monoisotopic (exact) mass is 242 g/mol. The van der Waals surface area contributed by atoms with Crippen molar-refractivity contribution in [1.82, 2.24) is 5.32 Å². The minimum Gasteiger partial charge on any atom is -0.351 e. The van der Waals surface area contributed by atoms with E-state index in [-0.39, 0.29) is 12.3 Å². The summed E-state index contributed by atoms with van der Waals surface area (Å²) in [5.41, 5.74) is 0.843. The summed E-state index contributed by atoms with van der Waals surface area (Å²) in [6, 6.07) is 6.87. The van der Waals surface area contributed by atoms with E-state index in [0.717, 1.165) is 5.56 Å². The summed E-state index contributed by atoms with van der Waals surface area (Å²) in [6.45, 7) is 0.345. The molecule has 78 valence electrons. The lowest BCUT2D eigenvalue weighted by Crippen LogP contribution is -2.21. The Morgan fingerprint density at radius 2 is 2.13 bits per heavy atom. The molecule has 1 rings (SSSR count). The van der Waals surface area contributed by atoms with Crippen LogP contribution >= 0.6 is 23.2 Å². The van der Waals surface area contributed by atoms with E-state index in [1.54, 1.807) is 24.3 Å². The smallest absolute Gasteiger partial charge is 0.234 e. The molecule has 0 radical (unpaired) electrons. The fraction of sp³-hybridized carbons (Fsp3) is 0.200. The van der Waals surface area contributed by atoms with E-state index in [4.69, 9.17) is 28.5 Å². The molecule has 0 aliphatic heterocycles. The van der Waals surface area contributed by atoms with Crippen LogP contribution in [0.1, 0.15) is 12.0 Å². The average Bonchev–Trinajstić information content (AvgIpc) is 2.20. The minimum absolute atomic E-state index is 0.138. The van der Waals surface area contributed by atoms with Crippen molar-refractivity contribution in [3.8, 4) is 6.07 Å². The Labute approximate surface area is 97.6 Å². The highest BCUT2D eigenvalue weighted by Gasteiger charge is 2.02. The highest BCUT2D eigenvalue weighted by atomic mass is 35.5. The lowest BCUT2D eigenvalue weighted by atomic mass is 10.2. The molecule has 0 aromatic heterocycles. The standard InChI is InChI=1S/C10H8Cl2N2O/c11-8-2-1-7(5-9(8)12)6-14-10(15)3-4-13/h1-2,5H,3,6H2,(H,14,15). The van der Waals surface area contributed by atoms with Gasteiger partial charge >= 0.3 is 0 Å². The second-order valence-corrected chi connectivity index (χ2v) is 3.67. The van der Waals surface area contributed by atoms with E-state index in [9.17, 15) is 4.79 Å². The normalized spacial score (nSPS) is 9.40. The average molecular weight is 243 g/mol. The topological polar surface area (TPSA) is 52.9 Å². The second-order valence-electron chi connectivity index (χ2n) is 2.86. The van der Waals surface area contributed by atoms with Gasteiger partial charge in [-0.2, -0.15) is 5.26 Å². The maximum Gasteiger partial charge on any atom is 0.234 e. The number of benzene rings is 1. The molecule has 0 fully saturated rings. The summed E-state index contributed by atoms with van der Waals surface area (Å²) in [5.74, 6) is -0.302. The van der Waals surface area contributed by atoms with Crippen LogP contribution in [0.25, 0.3) is 0 Å². The zero-order valence-electron chi connectivity index (χ0n) is 7.76. The zero-order chi connectivity index (χ0) is 11.3. The number of amides is 1. The van der Waals surface area contributed by atoms with Gasteiger partial charge in [0, 0.05) is 6.54 Å². The number of rotatable bonds is 3. The van der Waals surface area contributed by atoms with Crippen LogP contribution in [0.3, 0.4) is 0 Å². The predicted molar refractivity (Wildman–Crippen MR) is 58.5 cm³/mol. The summed E-state index contributed by atoms with van der Waals surface area (Å²) in [5, 5.41) is 11.8. The van der Waals surface area contributed by atoms with Crippen molar-refractivity contribution in [2.45, 2.75) is 13.0 Å². The number of nitrogens with zero attached hydrogens (tertiary/aromatic N) is 1. The lowest BCUT2D eigenvalue weighted by molar-refractivity contribution is -0.120. The van der Waals surface area contributed by atoms with Gasteiger partial charge in [0.25, 0.3) is 0 Å². The summed E-state index contributed by atoms with van der Waals surface area (Å²) in [4.78, 5) is 11.0. The minimum atomic E-state index is -0.302. The van der Waals surface area contributed by atoms with Crippen molar-refractivity contribution in [3.05, 3.63) is 33.8 Å². The summed E-state index contributed by atoms with van der Waals surface area (Å²) in [7, 11) is 0. The van der Waals surface area contributed by atoms with Gasteiger partial charge < -0.3 is 5.32 Å². The highest BCUT2D eigenvalue weighted by molar-refractivity contribution is 6.42. The molecule has 1 aromatic carbocycles. The molecule has 0 heterocycles. The summed E-state index contributed by atoms with van der Waals surface area (Å²) < 4.78 is 0. The van der Waals surface area contributed by atoms with Crippen LogP contribution in [-0.4, -0.2) is 5.91 Å². The molecule has 1 aromatic rings. The van der Waals surface area contributed by atoms with E-state index >= 15 is 0 Å². The van der Waals surface area contributed by atoms with Crippen LogP contribution in [0.4, 0.5) is 0 Å². The Kier molecular flexibility index (Phi) is 4.41. The van der Waals surface area contributed by atoms with E-state index in [0.29, 0.717) is 16.6 Å². The van der Waals surface area contributed by atoms with Crippen LogP contribution in [0.2, 0.25) is 10.0 Å². The van der Waals surface area contributed by atoms with Crippen LogP contribution in [0.5, 0.6) is 0 Å². The van der Waals surface area contributed by atoms with E-state index in [1.807, 2.05) is 0 Å². The first-order chi connectivity index (χ1) is 7.13. The number of nitriles is 1. The lowest BCUT2D eigenvalue weighted by Gasteiger charge is -2.04. The first-order valence-electron chi connectivity index (χ1n) is 4.21. The Hall–Kier alpha value is -1.24. The van der Waals surface area contributed by atoms with Gasteiger partial charge in [0.05, 0.1) is 16.1 Å². The molecule has 0 unspecified atom stereocenters. The predicted octanol–water partition coefficient (Wildman–Crippen LogP) is 2.52. The molecule has 0 saturated carbocycles. The zero-order valence-corrected chi connectivity index (χ0v) is 9.27. The van der Waals surface area contributed by atoms with Crippen molar-refractivity contribution in [2.24, 2.45) is 0 Å². The largest absolute Gasteiger partial charge is 0.351 e. The molecule has 0 atom stereocenters. The van der Waals surface area contributed by atoms with Crippen molar-refractivity contribution >= 4 is 29.1 Å². The number of carbonyl (C=O) groups is 1. The van der Waals surface area contributed by atoms with Crippen molar-refractivity contribution in [3.63, 3.8) is 0 Å².